The number of halogens is 2. The Morgan fingerprint density at radius 1 is 1.39 bits per heavy atom. The van der Waals surface area contributed by atoms with Gasteiger partial charge in [-0.05, 0) is 45.6 Å². The van der Waals surface area contributed by atoms with Crippen molar-refractivity contribution in [1.29, 1.82) is 5.41 Å². The largest absolute Gasteiger partial charge is 0.375 e. The molecule has 0 aromatic carbocycles. The van der Waals surface area contributed by atoms with Gasteiger partial charge in [0.2, 0.25) is 11.9 Å². The van der Waals surface area contributed by atoms with E-state index in [1.165, 1.54) is 0 Å². The Bertz CT molecular complexity index is 1090. The van der Waals surface area contributed by atoms with E-state index in [1.807, 2.05) is 17.7 Å². The highest BCUT2D eigenvalue weighted by Gasteiger charge is 2.39. The van der Waals surface area contributed by atoms with E-state index in [1.54, 1.807) is 19.3 Å². The molecule has 1 saturated heterocycles. The first-order valence-electron chi connectivity index (χ1n) is 12.7. The van der Waals surface area contributed by atoms with E-state index in [9.17, 15) is 8.78 Å². The molecule has 196 valence electrons. The molecule has 2 aromatic rings. The molecule has 1 aliphatic heterocycles. The summed E-state index contributed by atoms with van der Waals surface area (Å²) in [5.74, 6) is -1.65. The number of aryl methyl sites for hydroxylation is 1. The number of imidazole rings is 1. The number of amidine groups is 1. The van der Waals surface area contributed by atoms with Gasteiger partial charge in [0.15, 0.2) is 5.84 Å². The highest BCUT2D eigenvalue weighted by Crippen LogP contribution is 2.42. The van der Waals surface area contributed by atoms with Gasteiger partial charge in [-0.1, -0.05) is 6.58 Å². The highest BCUT2D eigenvalue weighted by atomic mass is 19.3. The van der Waals surface area contributed by atoms with E-state index >= 15 is 0 Å². The molecule has 2 aliphatic rings. The maximum absolute atomic E-state index is 13.9. The predicted molar refractivity (Wildman–Crippen MR) is 138 cm³/mol. The van der Waals surface area contributed by atoms with Gasteiger partial charge >= 0.3 is 0 Å². The Kier molecular flexibility index (Phi) is 7.87. The van der Waals surface area contributed by atoms with E-state index in [2.05, 4.69) is 49.1 Å². The Hall–Kier alpha value is -3.08. The van der Waals surface area contributed by atoms with Crippen molar-refractivity contribution in [1.82, 2.24) is 35.3 Å². The predicted octanol–water partition coefficient (Wildman–Crippen LogP) is 4.12. The number of aliphatic imine (C=N–C) groups is 1. The average molecular weight is 502 g/mol. The lowest BCUT2D eigenvalue weighted by Gasteiger charge is -2.34. The van der Waals surface area contributed by atoms with Crippen molar-refractivity contribution in [2.75, 3.05) is 19.6 Å². The lowest BCUT2D eigenvalue weighted by atomic mass is 9.81. The fraction of sp³-hybridized carbons (Fsp3) is 0.600. The minimum absolute atomic E-state index is 0.0189. The maximum atomic E-state index is 13.9. The second-order valence-corrected chi connectivity index (χ2v) is 9.85. The molecule has 0 radical (unpaired) electrons. The van der Waals surface area contributed by atoms with Crippen LogP contribution in [0.1, 0.15) is 63.9 Å². The second kappa shape index (κ2) is 10.9. The smallest absolute Gasteiger partial charge is 0.248 e. The number of nitrogens with zero attached hydrogens (tertiary/aromatic N) is 5. The van der Waals surface area contributed by atoms with E-state index in [-0.39, 0.29) is 24.8 Å². The van der Waals surface area contributed by atoms with Crippen LogP contribution in [0, 0.1) is 11.3 Å². The van der Waals surface area contributed by atoms with Crippen LogP contribution in [-0.2, 0) is 6.54 Å². The summed E-state index contributed by atoms with van der Waals surface area (Å²) in [6.07, 6.45) is 3.96. The van der Waals surface area contributed by atoms with E-state index in [0.29, 0.717) is 48.6 Å². The zero-order valence-corrected chi connectivity index (χ0v) is 21.3. The first-order valence-corrected chi connectivity index (χ1v) is 12.7. The number of H-pyrrole nitrogens is 1. The van der Waals surface area contributed by atoms with Gasteiger partial charge < -0.3 is 25.9 Å². The third-order valence-electron chi connectivity index (χ3n) is 7.02. The molecule has 0 spiro atoms. The molecule has 0 bridgehead atoms. The zero-order valence-electron chi connectivity index (χ0n) is 21.3. The summed E-state index contributed by atoms with van der Waals surface area (Å²) in [6, 6.07) is 1.91. The van der Waals surface area contributed by atoms with Crippen molar-refractivity contribution in [2.24, 2.45) is 10.9 Å². The van der Waals surface area contributed by atoms with Gasteiger partial charge in [-0.2, -0.15) is 10.1 Å². The van der Waals surface area contributed by atoms with E-state index in [4.69, 9.17) is 5.41 Å². The van der Waals surface area contributed by atoms with Crippen LogP contribution in [-0.4, -0.2) is 67.8 Å². The van der Waals surface area contributed by atoms with Crippen LogP contribution in [0.5, 0.6) is 0 Å². The fourth-order valence-corrected chi connectivity index (χ4v) is 5.10. The van der Waals surface area contributed by atoms with Gasteiger partial charge in [0, 0.05) is 51.3 Å². The van der Waals surface area contributed by atoms with Gasteiger partial charge in [-0.25, -0.2) is 13.8 Å². The molecule has 2 fully saturated rings. The average Bonchev–Trinajstić information content (AvgIpc) is 3.50. The molecule has 1 aliphatic carbocycles. The third kappa shape index (κ3) is 6.00. The maximum Gasteiger partial charge on any atom is 0.248 e. The molecule has 36 heavy (non-hydrogen) atoms. The molecule has 0 amide bonds. The summed E-state index contributed by atoms with van der Waals surface area (Å²) in [5, 5.41) is 19.5. The van der Waals surface area contributed by atoms with Crippen LogP contribution in [0.15, 0.2) is 30.0 Å². The molecule has 3 heterocycles. The van der Waals surface area contributed by atoms with Crippen LogP contribution >= 0.6 is 0 Å². The quantitative estimate of drug-likeness (QED) is 0.321. The number of nitrogens with one attached hydrogen (secondary N) is 4. The van der Waals surface area contributed by atoms with Crippen molar-refractivity contribution in [3.8, 4) is 0 Å². The molecule has 11 heteroatoms. The number of hydrogen-bond acceptors (Lipinski definition) is 6. The van der Waals surface area contributed by atoms with Crippen molar-refractivity contribution in [3.05, 3.63) is 36.4 Å². The summed E-state index contributed by atoms with van der Waals surface area (Å²) in [5.41, 5.74) is 2.67. The number of hydrogen-bond donors (Lipinski definition) is 4. The highest BCUT2D eigenvalue weighted by molar-refractivity contribution is 6.39. The first kappa shape index (κ1) is 26.0. The van der Waals surface area contributed by atoms with Crippen LogP contribution < -0.4 is 10.6 Å². The lowest BCUT2D eigenvalue weighted by Crippen LogP contribution is -2.52. The molecule has 2 atom stereocenters. The first-order chi connectivity index (χ1) is 17.2. The van der Waals surface area contributed by atoms with Crippen LogP contribution in [0.2, 0.25) is 0 Å². The van der Waals surface area contributed by atoms with Crippen molar-refractivity contribution in [3.63, 3.8) is 0 Å². The third-order valence-corrected chi connectivity index (χ3v) is 7.02. The number of aromatic nitrogens is 4. The molecular formula is C25H37F2N9. The molecule has 2 unspecified atom stereocenters. The van der Waals surface area contributed by atoms with Crippen molar-refractivity contribution < 1.29 is 8.78 Å². The zero-order chi connectivity index (χ0) is 25.9. The lowest BCUT2D eigenvalue weighted by molar-refractivity contribution is -0.0493. The minimum Gasteiger partial charge on any atom is -0.375 e. The van der Waals surface area contributed by atoms with Crippen molar-refractivity contribution >= 4 is 23.2 Å². The van der Waals surface area contributed by atoms with Crippen LogP contribution in [0.25, 0.3) is 5.70 Å². The topological polar surface area (TPSA) is 110 Å². The molecule has 4 N–H and O–H groups in total. The summed E-state index contributed by atoms with van der Waals surface area (Å²) in [7, 11) is 0. The Labute approximate surface area is 211 Å². The molecule has 9 nitrogen and oxygen atoms in total. The van der Waals surface area contributed by atoms with Crippen LogP contribution in [0.4, 0.5) is 14.7 Å². The number of piperazine rings is 1. The molecule has 4 rings (SSSR count). The van der Waals surface area contributed by atoms with Gasteiger partial charge in [0.05, 0.1) is 35.0 Å². The van der Waals surface area contributed by atoms with Gasteiger partial charge in [0.25, 0.3) is 0 Å². The number of rotatable bonds is 8. The van der Waals surface area contributed by atoms with Gasteiger partial charge in [-0.3, -0.25) is 4.68 Å². The summed E-state index contributed by atoms with van der Waals surface area (Å²) in [6.45, 7) is 13.1. The van der Waals surface area contributed by atoms with Crippen molar-refractivity contribution in [2.45, 2.75) is 71.0 Å². The molecule has 2 aromatic heterocycles. The normalized spacial score (nSPS) is 21.9. The number of aromatic amines is 1. The second-order valence-electron chi connectivity index (χ2n) is 9.85. The monoisotopic (exact) mass is 501 g/mol. The SMILES string of the molecule is C=C(NC(c1cnc(/N=C(\C(C)=N)N2CCNC(C)C2)[nH]1)C1CCC(F)(F)CC1)c1ccnn1CC. The minimum atomic E-state index is -2.61. The van der Waals surface area contributed by atoms with Gasteiger partial charge in [0.1, 0.15) is 0 Å². The number of alkyl halides is 2. The van der Waals surface area contributed by atoms with Gasteiger partial charge in [-0.15, -0.1) is 0 Å². The standard InChI is InChI=1S/C25H37F2N9/c1-5-36-21(8-11-31-36)18(4)32-22(19-6-9-25(26,27)10-7-19)20-14-30-24(33-20)34-23(17(3)28)35-13-12-29-16(2)15-35/h8,11,14,16,19,22,28-29,32H,4-7,9-10,12-13,15H2,1-3H3,(H,30,33)/b28-17?,34-23+. The fourth-order valence-electron chi connectivity index (χ4n) is 5.10. The molecule has 1 saturated carbocycles. The molecular weight excluding hydrogens is 464 g/mol. The van der Waals surface area contributed by atoms with Crippen LogP contribution in [0.3, 0.4) is 0 Å². The van der Waals surface area contributed by atoms with E-state index in [0.717, 1.165) is 31.0 Å². The Balaban J connectivity index is 1.60. The summed E-state index contributed by atoms with van der Waals surface area (Å²) >= 11 is 0. The summed E-state index contributed by atoms with van der Waals surface area (Å²) in [4.78, 5) is 14.6. The van der Waals surface area contributed by atoms with E-state index < -0.39 is 5.92 Å². The Morgan fingerprint density at radius 3 is 2.81 bits per heavy atom. The Morgan fingerprint density at radius 2 is 2.14 bits per heavy atom. The summed E-state index contributed by atoms with van der Waals surface area (Å²) < 4.78 is 29.7.